The third-order valence-corrected chi connectivity index (χ3v) is 3.62. The summed E-state index contributed by atoms with van der Waals surface area (Å²) >= 11 is 0. The van der Waals surface area contributed by atoms with E-state index in [1.54, 1.807) is 48.5 Å². The zero-order valence-electron chi connectivity index (χ0n) is 14.7. The van der Waals surface area contributed by atoms with Gasteiger partial charge >= 0.3 is 6.18 Å². The van der Waals surface area contributed by atoms with Gasteiger partial charge in [-0.15, -0.1) is 0 Å². The number of para-hydroxylation sites is 1. The van der Waals surface area contributed by atoms with Crippen LogP contribution in [0.1, 0.15) is 16.7 Å². The second kappa shape index (κ2) is 8.75. The Morgan fingerprint density at radius 1 is 0.643 bits per heavy atom. The molecule has 3 aromatic rings. The lowest BCUT2D eigenvalue weighted by Gasteiger charge is -2.05. The van der Waals surface area contributed by atoms with E-state index >= 15 is 0 Å². The average Bonchev–Trinajstić information content (AvgIpc) is 2.71. The van der Waals surface area contributed by atoms with Crippen molar-refractivity contribution < 1.29 is 13.2 Å². The predicted molar refractivity (Wildman–Crippen MR) is 105 cm³/mol. The minimum absolute atomic E-state index is 0.126. The van der Waals surface area contributed by atoms with Gasteiger partial charge in [-0.05, 0) is 42.3 Å². The van der Waals surface area contributed by atoms with Crippen LogP contribution in [-0.4, -0.2) is 11.9 Å². The summed E-state index contributed by atoms with van der Waals surface area (Å²) in [4.78, 5) is 3.77. The first-order valence-electron chi connectivity index (χ1n) is 8.41. The molecular weight excluding hydrogens is 359 g/mol. The lowest BCUT2D eigenvalue weighted by molar-refractivity contribution is -0.0571. The molecule has 0 bridgehead atoms. The highest BCUT2D eigenvalue weighted by Crippen LogP contribution is 2.24. The first-order chi connectivity index (χ1) is 13.5. The van der Waals surface area contributed by atoms with Crippen molar-refractivity contribution in [1.82, 2.24) is 0 Å². The molecule has 0 aliphatic carbocycles. The number of rotatable bonds is 1. The number of alkyl halides is 3. The zero-order chi connectivity index (χ0) is 19.8. The largest absolute Gasteiger partial charge is 0.441 e. The molecule has 0 aromatic heterocycles. The summed E-state index contributed by atoms with van der Waals surface area (Å²) in [6, 6.07) is 24.1. The summed E-state index contributed by atoms with van der Waals surface area (Å²) in [5.74, 6) is 10.5. The number of hydrogen-bond acceptors (Lipinski definition) is 1. The van der Waals surface area contributed by atoms with Gasteiger partial charge in [-0.1, -0.05) is 66.3 Å². The van der Waals surface area contributed by atoms with Gasteiger partial charge in [-0.25, -0.2) is 4.99 Å². The van der Waals surface area contributed by atoms with Crippen molar-refractivity contribution in [2.45, 2.75) is 6.18 Å². The maximum Gasteiger partial charge on any atom is 0.441 e. The van der Waals surface area contributed by atoms with Gasteiger partial charge in [-0.3, -0.25) is 0 Å². The van der Waals surface area contributed by atoms with Crippen molar-refractivity contribution in [3.63, 3.8) is 0 Å². The van der Waals surface area contributed by atoms with Gasteiger partial charge in [0.25, 0.3) is 0 Å². The molecule has 3 rings (SSSR count). The summed E-state index contributed by atoms with van der Waals surface area (Å²) in [5.41, 5.74) is 0.610. The Balaban J connectivity index is 2.00. The van der Waals surface area contributed by atoms with Crippen molar-refractivity contribution in [3.8, 4) is 23.7 Å². The van der Waals surface area contributed by atoms with Gasteiger partial charge in [0.05, 0.1) is 11.3 Å². The van der Waals surface area contributed by atoms with Crippen molar-refractivity contribution in [2.75, 3.05) is 0 Å². The third kappa shape index (κ3) is 5.37. The molecule has 0 saturated carbocycles. The predicted octanol–water partition coefficient (Wildman–Crippen LogP) is 5.77. The first kappa shape index (κ1) is 19.0. The molecule has 0 N–H and O–H groups in total. The lowest BCUT2D eigenvalue weighted by Crippen LogP contribution is -2.21. The smallest absolute Gasteiger partial charge is 0.234 e. The third-order valence-electron chi connectivity index (χ3n) is 3.62. The van der Waals surface area contributed by atoms with E-state index in [4.69, 9.17) is 0 Å². The van der Waals surface area contributed by atoms with Crippen LogP contribution in [0.15, 0.2) is 89.9 Å². The highest BCUT2D eigenvalue weighted by Gasteiger charge is 2.35. The van der Waals surface area contributed by atoms with Crippen LogP contribution >= 0.6 is 0 Å². The molecule has 0 aliphatic rings. The van der Waals surface area contributed by atoms with Crippen LogP contribution < -0.4 is 0 Å². The van der Waals surface area contributed by atoms with Crippen molar-refractivity contribution >= 4 is 11.4 Å². The van der Waals surface area contributed by atoms with Gasteiger partial charge in [-0.2, -0.15) is 13.2 Å². The Hall–Kier alpha value is -3.76. The molecule has 0 unspecified atom stereocenters. The van der Waals surface area contributed by atoms with Gasteiger partial charge in [0.1, 0.15) is 0 Å². The number of benzene rings is 3. The second-order valence-corrected chi connectivity index (χ2v) is 5.71. The standard InChI is InChI=1S/C24H14F3N/c25-24(26,27)23(18-16-20-11-5-2-6-12-20)28-22-14-8-7-13-21(22)17-15-19-9-3-1-4-10-19/h1-14H. The van der Waals surface area contributed by atoms with E-state index in [1.165, 1.54) is 6.07 Å². The molecule has 0 amide bonds. The van der Waals surface area contributed by atoms with Crippen LogP contribution in [0.4, 0.5) is 18.9 Å². The van der Waals surface area contributed by atoms with Crippen LogP contribution in [0, 0.1) is 23.7 Å². The fraction of sp³-hybridized carbons (Fsp3) is 0.0417. The highest BCUT2D eigenvalue weighted by molar-refractivity contribution is 6.06. The van der Waals surface area contributed by atoms with Gasteiger partial charge in [0.15, 0.2) is 5.71 Å². The molecule has 136 valence electrons. The van der Waals surface area contributed by atoms with Crippen molar-refractivity contribution in [3.05, 3.63) is 102 Å². The fourth-order valence-corrected chi connectivity index (χ4v) is 2.27. The summed E-state index contributed by atoms with van der Waals surface area (Å²) in [5, 5.41) is 0. The molecule has 0 radical (unpaired) electrons. The topological polar surface area (TPSA) is 12.4 Å². The molecule has 4 heteroatoms. The Morgan fingerprint density at radius 3 is 1.79 bits per heavy atom. The average molecular weight is 373 g/mol. The number of hydrogen-bond donors (Lipinski definition) is 0. The molecule has 0 atom stereocenters. The first-order valence-corrected chi connectivity index (χ1v) is 8.41. The summed E-state index contributed by atoms with van der Waals surface area (Å²) in [7, 11) is 0. The Labute approximate surface area is 161 Å². The maximum absolute atomic E-state index is 13.4. The molecular formula is C24H14F3N. The Morgan fingerprint density at radius 2 is 1.18 bits per heavy atom. The minimum Gasteiger partial charge on any atom is -0.234 e. The van der Waals surface area contributed by atoms with E-state index < -0.39 is 11.9 Å². The number of nitrogens with zero attached hydrogens (tertiary/aromatic N) is 1. The molecule has 0 fully saturated rings. The van der Waals surface area contributed by atoms with E-state index in [0.717, 1.165) is 5.56 Å². The van der Waals surface area contributed by atoms with Crippen LogP contribution in [-0.2, 0) is 0 Å². The minimum atomic E-state index is -4.66. The summed E-state index contributed by atoms with van der Waals surface area (Å²) in [6.07, 6.45) is -4.66. The fourth-order valence-electron chi connectivity index (χ4n) is 2.27. The van der Waals surface area contributed by atoms with E-state index in [-0.39, 0.29) is 5.69 Å². The van der Waals surface area contributed by atoms with Crippen molar-refractivity contribution in [1.29, 1.82) is 0 Å². The second-order valence-electron chi connectivity index (χ2n) is 5.71. The molecule has 0 spiro atoms. The molecule has 1 nitrogen and oxygen atoms in total. The van der Waals surface area contributed by atoms with Gasteiger partial charge in [0, 0.05) is 11.1 Å². The van der Waals surface area contributed by atoms with Crippen molar-refractivity contribution in [2.24, 2.45) is 4.99 Å². The van der Waals surface area contributed by atoms with E-state index in [2.05, 4.69) is 28.7 Å². The number of halogens is 3. The Kier molecular flexibility index (Phi) is 5.94. The summed E-state index contributed by atoms with van der Waals surface area (Å²) < 4.78 is 40.3. The number of aliphatic imine (C=N–C) groups is 1. The van der Waals surface area contributed by atoms with Crippen LogP contribution in [0.5, 0.6) is 0 Å². The lowest BCUT2D eigenvalue weighted by atomic mass is 10.1. The SMILES string of the molecule is FC(F)(F)C(C#Cc1ccccc1)=Nc1ccccc1C#Cc1ccccc1. The molecule has 0 aliphatic heterocycles. The van der Waals surface area contributed by atoms with Crippen LogP contribution in [0.25, 0.3) is 0 Å². The van der Waals surface area contributed by atoms with E-state index in [9.17, 15) is 13.2 Å². The van der Waals surface area contributed by atoms with E-state index in [0.29, 0.717) is 11.1 Å². The highest BCUT2D eigenvalue weighted by atomic mass is 19.4. The molecule has 3 aromatic carbocycles. The molecule has 0 heterocycles. The monoisotopic (exact) mass is 373 g/mol. The van der Waals surface area contributed by atoms with Gasteiger partial charge in [0.2, 0.25) is 0 Å². The van der Waals surface area contributed by atoms with Crippen LogP contribution in [0.2, 0.25) is 0 Å². The maximum atomic E-state index is 13.4. The molecule has 0 saturated heterocycles. The quantitative estimate of drug-likeness (QED) is 0.379. The molecule has 28 heavy (non-hydrogen) atoms. The van der Waals surface area contributed by atoms with E-state index in [1.807, 2.05) is 30.3 Å². The zero-order valence-corrected chi connectivity index (χ0v) is 14.7. The van der Waals surface area contributed by atoms with Crippen LogP contribution in [0.3, 0.4) is 0 Å². The van der Waals surface area contributed by atoms with Gasteiger partial charge < -0.3 is 0 Å². The summed E-state index contributed by atoms with van der Waals surface area (Å²) in [6.45, 7) is 0. The Bertz CT molecular complexity index is 1090. The normalized spacial score (nSPS) is 11.0.